The zero-order valence-electron chi connectivity index (χ0n) is 10.8. The highest BCUT2D eigenvalue weighted by atomic mass is 15.0. The van der Waals surface area contributed by atoms with Gasteiger partial charge in [0.15, 0.2) is 0 Å². The molecule has 1 aromatic carbocycles. The summed E-state index contributed by atoms with van der Waals surface area (Å²) >= 11 is 0. The van der Waals surface area contributed by atoms with E-state index in [0.717, 1.165) is 13.0 Å². The van der Waals surface area contributed by atoms with Crippen molar-refractivity contribution in [2.45, 2.75) is 50.6 Å². The van der Waals surface area contributed by atoms with Gasteiger partial charge in [-0.2, -0.15) is 0 Å². The molecule has 1 aliphatic carbocycles. The maximum atomic E-state index is 6.18. The van der Waals surface area contributed by atoms with Crippen molar-refractivity contribution in [3.63, 3.8) is 0 Å². The van der Waals surface area contributed by atoms with E-state index < -0.39 is 0 Å². The average Bonchev–Trinajstić information content (AvgIpc) is 2.77. The molecule has 0 heterocycles. The van der Waals surface area contributed by atoms with E-state index in [1.807, 2.05) is 6.07 Å². The molecule has 3 N–H and O–H groups in total. The van der Waals surface area contributed by atoms with Gasteiger partial charge in [0.1, 0.15) is 0 Å². The summed E-state index contributed by atoms with van der Waals surface area (Å²) < 4.78 is 0. The Bertz CT molecular complexity index is 328. The molecule has 1 aliphatic rings. The van der Waals surface area contributed by atoms with Crippen molar-refractivity contribution in [3.05, 3.63) is 35.9 Å². The van der Waals surface area contributed by atoms with Gasteiger partial charge in [0.05, 0.1) is 0 Å². The molecule has 0 aliphatic heterocycles. The maximum absolute atomic E-state index is 6.18. The smallest absolute Gasteiger partial charge is 0.0306 e. The molecule has 0 bridgehead atoms. The molecule has 2 nitrogen and oxygen atoms in total. The SMILES string of the molecule is CC1(NCCC(N)c2ccccc2)CCCC1. The van der Waals surface area contributed by atoms with E-state index in [2.05, 4.69) is 36.5 Å². The standard InChI is InChI=1S/C15H24N2/c1-15(10-5-6-11-15)17-12-9-14(16)13-7-3-2-4-8-13/h2-4,7-8,14,17H,5-6,9-12,16H2,1H3. The lowest BCUT2D eigenvalue weighted by Crippen LogP contribution is -2.40. The fraction of sp³-hybridized carbons (Fsp3) is 0.600. The van der Waals surface area contributed by atoms with Gasteiger partial charge in [-0.05, 0) is 38.3 Å². The first-order chi connectivity index (χ1) is 8.20. The van der Waals surface area contributed by atoms with Gasteiger partial charge in [-0.1, -0.05) is 43.2 Å². The van der Waals surface area contributed by atoms with E-state index in [0.29, 0.717) is 5.54 Å². The van der Waals surface area contributed by atoms with Gasteiger partial charge >= 0.3 is 0 Å². The molecule has 17 heavy (non-hydrogen) atoms. The van der Waals surface area contributed by atoms with Gasteiger partial charge in [0.25, 0.3) is 0 Å². The summed E-state index contributed by atoms with van der Waals surface area (Å²) in [7, 11) is 0. The summed E-state index contributed by atoms with van der Waals surface area (Å²) in [5.74, 6) is 0. The first-order valence-corrected chi connectivity index (χ1v) is 6.75. The minimum absolute atomic E-state index is 0.161. The van der Waals surface area contributed by atoms with Gasteiger partial charge in [0, 0.05) is 11.6 Å². The van der Waals surface area contributed by atoms with E-state index in [-0.39, 0.29) is 6.04 Å². The molecule has 1 atom stereocenters. The highest BCUT2D eigenvalue weighted by molar-refractivity contribution is 5.18. The Labute approximate surface area is 105 Å². The Balaban J connectivity index is 1.75. The molecule has 1 fully saturated rings. The number of nitrogens with one attached hydrogen (secondary N) is 1. The third kappa shape index (κ3) is 3.55. The Morgan fingerprint density at radius 1 is 1.24 bits per heavy atom. The fourth-order valence-electron chi connectivity index (χ4n) is 2.73. The van der Waals surface area contributed by atoms with Crippen molar-refractivity contribution in [2.24, 2.45) is 5.73 Å². The predicted molar refractivity (Wildman–Crippen MR) is 72.9 cm³/mol. The van der Waals surface area contributed by atoms with Crippen LogP contribution in [0.1, 0.15) is 50.6 Å². The fourth-order valence-corrected chi connectivity index (χ4v) is 2.73. The lowest BCUT2D eigenvalue weighted by Gasteiger charge is -2.26. The zero-order chi connectivity index (χ0) is 12.1. The Morgan fingerprint density at radius 3 is 2.53 bits per heavy atom. The predicted octanol–water partition coefficient (Wildman–Crippen LogP) is 3.00. The third-order valence-corrected chi connectivity index (χ3v) is 3.94. The van der Waals surface area contributed by atoms with Crippen molar-refractivity contribution in [1.82, 2.24) is 5.32 Å². The molecule has 0 radical (unpaired) electrons. The quantitative estimate of drug-likeness (QED) is 0.819. The molecule has 0 saturated heterocycles. The number of hydrogen-bond acceptors (Lipinski definition) is 2. The number of rotatable bonds is 5. The minimum atomic E-state index is 0.161. The Morgan fingerprint density at radius 2 is 1.88 bits per heavy atom. The van der Waals surface area contributed by atoms with Crippen molar-refractivity contribution in [1.29, 1.82) is 0 Å². The molecular formula is C15H24N2. The average molecular weight is 232 g/mol. The summed E-state index contributed by atoms with van der Waals surface area (Å²) in [4.78, 5) is 0. The highest BCUT2D eigenvalue weighted by Gasteiger charge is 2.27. The van der Waals surface area contributed by atoms with E-state index in [1.165, 1.54) is 31.2 Å². The summed E-state index contributed by atoms with van der Waals surface area (Å²) in [6, 6.07) is 10.5. The number of hydrogen-bond donors (Lipinski definition) is 2. The second kappa shape index (κ2) is 5.65. The van der Waals surface area contributed by atoms with Gasteiger partial charge < -0.3 is 11.1 Å². The van der Waals surface area contributed by atoms with Crippen LogP contribution in [0.5, 0.6) is 0 Å². The maximum Gasteiger partial charge on any atom is 0.0306 e. The highest BCUT2D eigenvalue weighted by Crippen LogP contribution is 2.28. The van der Waals surface area contributed by atoms with E-state index in [9.17, 15) is 0 Å². The molecule has 2 heteroatoms. The second-order valence-corrected chi connectivity index (χ2v) is 5.50. The van der Waals surface area contributed by atoms with Crippen molar-refractivity contribution < 1.29 is 0 Å². The monoisotopic (exact) mass is 232 g/mol. The van der Waals surface area contributed by atoms with E-state index >= 15 is 0 Å². The topological polar surface area (TPSA) is 38.0 Å². The summed E-state index contributed by atoms with van der Waals surface area (Å²) in [5.41, 5.74) is 7.80. The van der Waals surface area contributed by atoms with Crippen LogP contribution in [-0.4, -0.2) is 12.1 Å². The molecule has 1 unspecified atom stereocenters. The lowest BCUT2D eigenvalue weighted by atomic mass is 9.99. The Hall–Kier alpha value is -0.860. The van der Waals surface area contributed by atoms with Crippen molar-refractivity contribution in [3.8, 4) is 0 Å². The van der Waals surface area contributed by atoms with Crippen LogP contribution in [0, 0.1) is 0 Å². The van der Waals surface area contributed by atoms with Crippen molar-refractivity contribution >= 4 is 0 Å². The van der Waals surface area contributed by atoms with Crippen LogP contribution in [0.4, 0.5) is 0 Å². The summed E-state index contributed by atoms with van der Waals surface area (Å²) in [6.07, 6.45) is 6.38. The third-order valence-electron chi connectivity index (χ3n) is 3.94. The summed E-state index contributed by atoms with van der Waals surface area (Å²) in [5, 5.41) is 3.68. The van der Waals surface area contributed by atoms with Gasteiger partial charge in [-0.25, -0.2) is 0 Å². The molecule has 0 spiro atoms. The first-order valence-electron chi connectivity index (χ1n) is 6.75. The summed E-state index contributed by atoms with van der Waals surface area (Å²) in [6.45, 7) is 3.36. The minimum Gasteiger partial charge on any atom is -0.324 e. The normalized spacial score (nSPS) is 20.4. The van der Waals surface area contributed by atoms with Crippen LogP contribution in [0.2, 0.25) is 0 Å². The van der Waals surface area contributed by atoms with E-state index in [1.54, 1.807) is 0 Å². The zero-order valence-corrected chi connectivity index (χ0v) is 10.8. The van der Waals surface area contributed by atoms with Gasteiger partial charge in [-0.3, -0.25) is 0 Å². The molecular weight excluding hydrogens is 208 g/mol. The number of nitrogens with two attached hydrogens (primary N) is 1. The molecule has 94 valence electrons. The van der Waals surface area contributed by atoms with Gasteiger partial charge in [-0.15, -0.1) is 0 Å². The lowest BCUT2D eigenvalue weighted by molar-refractivity contribution is 0.356. The van der Waals surface area contributed by atoms with Crippen LogP contribution in [0.3, 0.4) is 0 Å². The van der Waals surface area contributed by atoms with Crippen molar-refractivity contribution in [2.75, 3.05) is 6.54 Å². The molecule has 0 amide bonds. The van der Waals surface area contributed by atoms with Gasteiger partial charge in [0.2, 0.25) is 0 Å². The molecule has 1 saturated carbocycles. The van der Waals surface area contributed by atoms with E-state index in [4.69, 9.17) is 5.73 Å². The molecule has 2 rings (SSSR count). The second-order valence-electron chi connectivity index (χ2n) is 5.50. The van der Waals surface area contributed by atoms with Crippen LogP contribution in [0.25, 0.3) is 0 Å². The first kappa shape index (κ1) is 12.6. The number of benzene rings is 1. The van der Waals surface area contributed by atoms with Crippen LogP contribution >= 0.6 is 0 Å². The Kier molecular flexibility index (Phi) is 4.19. The van der Waals surface area contributed by atoms with Crippen LogP contribution in [-0.2, 0) is 0 Å². The molecule has 1 aromatic rings. The van der Waals surface area contributed by atoms with Crippen LogP contribution in [0.15, 0.2) is 30.3 Å². The molecule has 0 aromatic heterocycles. The van der Waals surface area contributed by atoms with Crippen LogP contribution < -0.4 is 11.1 Å². The largest absolute Gasteiger partial charge is 0.324 e.